The standard InChI is InChI=1S/C23H28O7/c1-2-3-4-5-6-7-22(28)29-21-13-16-18(26)11-15(24)12-20(16)30-23(21)14-8-9-17(25)19(27)10-14/h8-12,21,23-27H,2-7,13H2,1H3/t21-,23+/m1/s1. The Bertz CT molecular complexity index is 893. The summed E-state index contributed by atoms with van der Waals surface area (Å²) in [6, 6.07) is 6.84. The Morgan fingerprint density at radius 3 is 2.50 bits per heavy atom. The van der Waals surface area contributed by atoms with Crippen molar-refractivity contribution in [2.75, 3.05) is 0 Å². The molecule has 4 N–H and O–H groups in total. The van der Waals surface area contributed by atoms with E-state index in [2.05, 4.69) is 6.92 Å². The number of carbonyl (C=O) groups is 1. The highest BCUT2D eigenvalue weighted by atomic mass is 16.6. The number of ether oxygens (including phenoxy) is 2. The second kappa shape index (κ2) is 9.61. The van der Waals surface area contributed by atoms with Crippen LogP contribution in [0.2, 0.25) is 0 Å². The van der Waals surface area contributed by atoms with Crippen molar-refractivity contribution in [1.82, 2.24) is 0 Å². The summed E-state index contributed by atoms with van der Waals surface area (Å²) in [5.41, 5.74) is 0.937. The zero-order valence-corrected chi connectivity index (χ0v) is 17.0. The molecule has 0 radical (unpaired) electrons. The van der Waals surface area contributed by atoms with E-state index in [0.717, 1.165) is 32.1 Å². The molecule has 0 aromatic heterocycles. The maximum Gasteiger partial charge on any atom is 0.306 e. The lowest BCUT2D eigenvalue weighted by molar-refractivity contribution is -0.155. The average molecular weight is 416 g/mol. The van der Waals surface area contributed by atoms with Crippen LogP contribution in [0.1, 0.15) is 62.7 Å². The van der Waals surface area contributed by atoms with Crippen LogP contribution in [0.3, 0.4) is 0 Å². The first-order valence-electron chi connectivity index (χ1n) is 10.3. The molecule has 162 valence electrons. The molecule has 0 fully saturated rings. The van der Waals surface area contributed by atoms with Gasteiger partial charge in [-0.1, -0.05) is 38.7 Å². The zero-order chi connectivity index (χ0) is 21.7. The first-order valence-corrected chi connectivity index (χ1v) is 10.3. The van der Waals surface area contributed by atoms with Crippen molar-refractivity contribution < 1.29 is 34.7 Å². The van der Waals surface area contributed by atoms with E-state index in [-0.39, 0.29) is 41.1 Å². The third kappa shape index (κ3) is 5.09. The number of aromatic hydroxyl groups is 4. The minimum Gasteiger partial charge on any atom is -0.508 e. The number of hydrogen-bond acceptors (Lipinski definition) is 7. The van der Waals surface area contributed by atoms with Crippen LogP contribution in [-0.2, 0) is 16.0 Å². The van der Waals surface area contributed by atoms with Gasteiger partial charge in [-0.2, -0.15) is 0 Å². The van der Waals surface area contributed by atoms with Crippen molar-refractivity contribution in [2.45, 2.75) is 64.1 Å². The number of unbranched alkanes of at least 4 members (excludes halogenated alkanes) is 4. The van der Waals surface area contributed by atoms with E-state index in [9.17, 15) is 25.2 Å². The maximum absolute atomic E-state index is 12.4. The molecular formula is C23H28O7. The van der Waals surface area contributed by atoms with Gasteiger partial charge in [-0.05, 0) is 18.6 Å². The summed E-state index contributed by atoms with van der Waals surface area (Å²) in [7, 11) is 0. The van der Waals surface area contributed by atoms with Crippen molar-refractivity contribution in [3.05, 3.63) is 41.5 Å². The second-order valence-electron chi connectivity index (χ2n) is 7.62. The van der Waals surface area contributed by atoms with E-state index < -0.39 is 12.2 Å². The van der Waals surface area contributed by atoms with E-state index >= 15 is 0 Å². The van der Waals surface area contributed by atoms with E-state index in [4.69, 9.17) is 9.47 Å². The van der Waals surface area contributed by atoms with E-state index in [0.29, 0.717) is 17.5 Å². The smallest absolute Gasteiger partial charge is 0.306 e. The topological polar surface area (TPSA) is 116 Å². The first kappa shape index (κ1) is 21.6. The molecule has 0 amide bonds. The van der Waals surface area contributed by atoms with Crippen LogP contribution in [0.25, 0.3) is 0 Å². The van der Waals surface area contributed by atoms with Gasteiger partial charge in [-0.25, -0.2) is 0 Å². The fraction of sp³-hybridized carbons (Fsp3) is 0.435. The summed E-state index contributed by atoms with van der Waals surface area (Å²) in [5.74, 6) is -0.960. The predicted molar refractivity (Wildman–Crippen MR) is 110 cm³/mol. The number of esters is 1. The molecule has 7 heteroatoms. The molecule has 2 aromatic carbocycles. The minimum absolute atomic E-state index is 0.141. The first-order chi connectivity index (χ1) is 14.4. The Balaban J connectivity index is 1.79. The monoisotopic (exact) mass is 416 g/mol. The fourth-order valence-corrected chi connectivity index (χ4v) is 3.65. The third-order valence-corrected chi connectivity index (χ3v) is 5.26. The number of carbonyl (C=O) groups excluding carboxylic acids is 1. The molecule has 1 aliphatic rings. The predicted octanol–water partition coefficient (Wildman–Crippen LogP) is 4.46. The largest absolute Gasteiger partial charge is 0.508 e. The molecule has 0 bridgehead atoms. The molecule has 7 nitrogen and oxygen atoms in total. The lowest BCUT2D eigenvalue weighted by Crippen LogP contribution is -2.34. The van der Waals surface area contributed by atoms with Crippen LogP contribution in [0.4, 0.5) is 0 Å². The van der Waals surface area contributed by atoms with Crippen molar-refractivity contribution in [2.24, 2.45) is 0 Å². The Morgan fingerprint density at radius 1 is 1.00 bits per heavy atom. The lowest BCUT2D eigenvalue weighted by atomic mass is 9.93. The van der Waals surface area contributed by atoms with Crippen molar-refractivity contribution in [3.63, 3.8) is 0 Å². The van der Waals surface area contributed by atoms with Crippen LogP contribution < -0.4 is 4.74 Å². The summed E-state index contributed by atoms with van der Waals surface area (Å²) < 4.78 is 11.7. The molecule has 2 atom stereocenters. The van der Waals surface area contributed by atoms with Crippen LogP contribution >= 0.6 is 0 Å². The summed E-state index contributed by atoms with van der Waals surface area (Å²) in [6.45, 7) is 2.13. The van der Waals surface area contributed by atoms with Gasteiger partial charge in [0.15, 0.2) is 17.6 Å². The Hall–Kier alpha value is -3.09. The minimum atomic E-state index is -0.769. The number of phenolic OH excluding ortho intramolecular Hbond substituents is 4. The van der Waals surface area contributed by atoms with Crippen LogP contribution in [0, 0.1) is 0 Å². The molecule has 0 saturated carbocycles. The van der Waals surface area contributed by atoms with Gasteiger partial charge in [0.1, 0.15) is 23.4 Å². The summed E-state index contributed by atoms with van der Waals surface area (Å²) in [4.78, 5) is 12.4. The normalized spacial score (nSPS) is 17.8. The Labute approximate surface area is 175 Å². The van der Waals surface area contributed by atoms with Crippen molar-refractivity contribution in [3.8, 4) is 28.7 Å². The van der Waals surface area contributed by atoms with Gasteiger partial charge < -0.3 is 29.9 Å². The molecule has 0 aliphatic carbocycles. The maximum atomic E-state index is 12.4. The van der Waals surface area contributed by atoms with Crippen LogP contribution in [0.15, 0.2) is 30.3 Å². The SMILES string of the molecule is CCCCCCCC(=O)O[C@@H]1Cc2c(O)cc(O)cc2O[C@H]1c1ccc(O)c(O)c1. The molecule has 0 unspecified atom stereocenters. The molecular weight excluding hydrogens is 388 g/mol. The van der Waals surface area contributed by atoms with Gasteiger partial charge in [0.25, 0.3) is 0 Å². The quantitative estimate of drug-likeness (QED) is 0.285. The van der Waals surface area contributed by atoms with E-state index in [1.807, 2.05) is 0 Å². The molecule has 3 rings (SSSR count). The highest BCUT2D eigenvalue weighted by Gasteiger charge is 2.36. The number of phenols is 4. The fourth-order valence-electron chi connectivity index (χ4n) is 3.65. The highest BCUT2D eigenvalue weighted by Crippen LogP contribution is 2.43. The lowest BCUT2D eigenvalue weighted by Gasteiger charge is -2.34. The van der Waals surface area contributed by atoms with Crippen molar-refractivity contribution >= 4 is 5.97 Å². The highest BCUT2D eigenvalue weighted by molar-refractivity contribution is 5.69. The van der Waals surface area contributed by atoms with E-state index in [1.54, 1.807) is 6.07 Å². The molecule has 0 spiro atoms. The number of rotatable bonds is 8. The molecule has 1 heterocycles. The molecule has 0 saturated heterocycles. The Kier molecular flexibility index (Phi) is 6.92. The average Bonchev–Trinajstić information content (AvgIpc) is 2.70. The van der Waals surface area contributed by atoms with Crippen LogP contribution in [-0.4, -0.2) is 32.5 Å². The summed E-state index contributed by atoms with van der Waals surface area (Å²) in [5, 5.41) is 39.5. The van der Waals surface area contributed by atoms with Gasteiger partial charge in [0.2, 0.25) is 0 Å². The van der Waals surface area contributed by atoms with Crippen molar-refractivity contribution in [1.29, 1.82) is 0 Å². The summed E-state index contributed by atoms with van der Waals surface area (Å²) in [6.07, 6.45) is 4.03. The van der Waals surface area contributed by atoms with E-state index in [1.165, 1.54) is 24.3 Å². The number of hydrogen-bond donors (Lipinski definition) is 4. The molecule has 1 aliphatic heterocycles. The second-order valence-corrected chi connectivity index (χ2v) is 7.62. The third-order valence-electron chi connectivity index (χ3n) is 5.26. The zero-order valence-electron chi connectivity index (χ0n) is 17.0. The molecule has 30 heavy (non-hydrogen) atoms. The van der Waals surface area contributed by atoms with Gasteiger partial charge in [-0.15, -0.1) is 0 Å². The Morgan fingerprint density at radius 2 is 1.77 bits per heavy atom. The van der Waals surface area contributed by atoms with Crippen LogP contribution in [0.5, 0.6) is 28.7 Å². The number of benzene rings is 2. The molecule has 2 aromatic rings. The summed E-state index contributed by atoms with van der Waals surface area (Å²) >= 11 is 0. The van der Waals surface area contributed by atoms with Gasteiger partial charge in [0, 0.05) is 36.1 Å². The van der Waals surface area contributed by atoms with Gasteiger partial charge in [0.05, 0.1) is 0 Å². The van der Waals surface area contributed by atoms with Gasteiger partial charge >= 0.3 is 5.97 Å². The van der Waals surface area contributed by atoms with Gasteiger partial charge in [-0.3, -0.25) is 4.79 Å². The number of fused-ring (bicyclic) bond motifs is 1.